The van der Waals surface area contributed by atoms with E-state index < -0.39 is 37.9 Å². The zero-order valence-corrected chi connectivity index (χ0v) is 11.3. The molecule has 0 unspecified atom stereocenters. The van der Waals surface area contributed by atoms with Crippen molar-refractivity contribution in [2.24, 2.45) is 0 Å². The Balaban J connectivity index is 2.45. The number of rotatable bonds is 3. The molecular formula is C14H8F3NO2S. The van der Waals surface area contributed by atoms with Gasteiger partial charge in [0.1, 0.15) is 5.82 Å². The van der Waals surface area contributed by atoms with Crippen molar-refractivity contribution in [3.8, 4) is 6.07 Å². The summed E-state index contributed by atoms with van der Waals surface area (Å²) in [6, 6.07) is 7.03. The van der Waals surface area contributed by atoms with Gasteiger partial charge in [-0.2, -0.15) is 5.26 Å². The molecule has 0 amide bonds. The van der Waals surface area contributed by atoms with Crippen LogP contribution in [0.4, 0.5) is 13.2 Å². The fraction of sp³-hybridized carbons (Fsp3) is 0.0714. The lowest BCUT2D eigenvalue weighted by Gasteiger charge is -2.07. The molecule has 0 radical (unpaired) electrons. The smallest absolute Gasteiger partial charge is 0.182 e. The normalized spacial score (nSPS) is 11.1. The summed E-state index contributed by atoms with van der Waals surface area (Å²) in [4.78, 5) is -0.436. The third-order valence-electron chi connectivity index (χ3n) is 2.78. The molecule has 0 saturated heterocycles. The quantitative estimate of drug-likeness (QED) is 0.819. The van der Waals surface area contributed by atoms with Gasteiger partial charge in [-0.05, 0) is 42.0 Å². The molecule has 0 aromatic heterocycles. The monoisotopic (exact) mass is 311 g/mol. The lowest BCUT2D eigenvalue weighted by atomic mass is 10.1. The van der Waals surface area contributed by atoms with Crippen LogP contribution < -0.4 is 0 Å². The first-order valence-corrected chi connectivity index (χ1v) is 7.35. The predicted octanol–water partition coefficient (Wildman–Crippen LogP) is 2.95. The Bertz CT molecular complexity index is 842. The Hall–Kier alpha value is -2.33. The van der Waals surface area contributed by atoms with E-state index in [1.54, 1.807) is 6.07 Å². The van der Waals surface area contributed by atoms with E-state index in [0.717, 1.165) is 24.3 Å². The van der Waals surface area contributed by atoms with Crippen LogP contribution in [0.3, 0.4) is 0 Å². The molecule has 0 atom stereocenters. The molecule has 108 valence electrons. The summed E-state index contributed by atoms with van der Waals surface area (Å²) in [6.45, 7) is 0. The fourth-order valence-corrected chi connectivity index (χ4v) is 3.12. The topological polar surface area (TPSA) is 57.9 Å². The molecule has 0 spiro atoms. The highest BCUT2D eigenvalue weighted by molar-refractivity contribution is 7.90. The van der Waals surface area contributed by atoms with Gasteiger partial charge in [-0.1, -0.05) is 0 Å². The zero-order chi connectivity index (χ0) is 15.6. The first-order valence-electron chi connectivity index (χ1n) is 5.70. The van der Waals surface area contributed by atoms with Crippen molar-refractivity contribution < 1.29 is 21.6 Å². The van der Waals surface area contributed by atoms with Crippen molar-refractivity contribution in [2.45, 2.75) is 10.6 Å². The molecule has 0 N–H and O–H groups in total. The van der Waals surface area contributed by atoms with Crippen LogP contribution in [-0.2, 0) is 15.6 Å². The lowest BCUT2D eigenvalue weighted by molar-refractivity contribution is 0.504. The maximum absolute atomic E-state index is 13.2. The van der Waals surface area contributed by atoms with Crippen LogP contribution in [0, 0.1) is 28.8 Å². The molecular weight excluding hydrogens is 303 g/mol. The summed E-state index contributed by atoms with van der Waals surface area (Å²) in [7, 11) is -4.03. The molecule has 0 aliphatic carbocycles. The molecule has 0 aliphatic rings. The highest BCUT2D eigenvalue weighted by Gasteiger charge is 2.19. The minimum atomic E-state index is -4.03. The molecule has 3 nitrogen and oxygen atoms in total. The minimum Gasteiger partial charge on any atom is -0.223 e. The molecule has 0 fully saturated rings. The molecule has 21 heavy (non-hydrogen) atoms. The van der Waals surface area contributed by atoms with Gasteiger partial charge in [0.2, 0.25) is 0 Å². The average molecular weight is 311 g/mol. The van der Waals surface area contributed by atoms with Crippen LogP contribution in [0.1, 0.15) is 11.1 Å². The van der Waals surface area contributed by atoms with E-state index in [0.29, 0.717) is 12.1 Å². The van der Waals surface area contributed by atoms with Crippen molar-refractivity contribution >= 4 is 9.84 Å². The second-order valence-electron chi connectivity index (χ2n) is 4.25. The summed E-state index contributed by atoms with van der Waals surface area (Å²) in [6.07, 6.45) is 0. The van der Waals surface area contributed by atoms with Gasteiger partial charge in [-0.25, -0.2) is 21.6 Å². The first-order chi connectivity index (χ1) is 9.83. The van der Waals surface area contributed by atoms with Crippen LogP contribution in [0.2, 0.25) is 0 Å². The zero-order valence-electron chi connectivity index (χ0n) is 10.5. The second-order valence-corrected chi connectivity index (χ2v) is 6.24. The highest BCUT2D eigenvalue weighted by Crippen LogP contribution is 2.21. The van der Waals surface area contributed by atoms with Gasteiger partial charge in [0.05, 0.1) is 22.3 Å². The molecule has 0 bridgehead atoms. The predicted molar refractivity (Wildman–Crippen MR) is 68.4 cm³/mol. The van der Waals surface area contributed by atoms with Crippen molar-refractivity contribution in [1.82, 2.24) is 0 Å². The van der Waals surface area contributed by atoms with Crippen LogP contribution in [0.15, 0.2) is 41.3 Å². The maximum Gasteiger partial charge on any atom is 0.182 e. The molecule has 2 aromatic carbocycles. The summed E-state index contributed by atoms with van der Waals surface area (Å²) < 4.78 is 63.3. The van der Waals surface area contributed by atoms with E-state index >= 15 is 0 Å². The van der Waals surface area contributed by atoms with Crippen molar-refractivity contribution in [3.63, 3.8) is 0 Å². The van der Waals surface area contributed by atoms with Crippen LogP contribution in [-0.4, -0.2) is 8.42 Å². The number of halogens is 3. The third-order valence-corrected chi connectivity index (χ3v) is 4.45. The van der Waals surface area contributed by atoms with Gasteiger partial charge in [-0.15, -0.1) is 0 Å². The standard InChI is InChI=1S/C14H8F3NO2S/c15-11-2-1-9(7-18)10(5-11)8-21(19,20)12-3-4-13(16)14(17)6-12/h1-6H,8H2. The number of hydrogen-bond donors (Lipinski definition) is 0. The number of benzene rings is 2. The SMILES string of the molecule is N#Cc1ccc(F)cc1CS(=O)(=O)c1ccc(F)c(F)c1. The van der Waals surface area contributed by atoms with Crippen molar-refractivity contribution in [2.75, 3.05) is 0 Å². The van der Waals surface area contributed by atoms with Crippen molar-refractivity contribution in [1.29, 1.82) is 5.26 Å². The average Bonchev–Trinajstić information content (AvgIpc) is 2.41. The molecule has 0 saturated carbocycles. The van der Waals surface area contributed by atoms with E-state index in [4.69, 9.17) is 5.26 Å². The summed E-state index contributed by atoms with van der Waals surface area (Å²) >= 11 is 0. The summed E-state index contributed by atoms with van der Waals surface area (Å²) in [5.74, 6) is -3.84. The maximum atomic E-state index is 13.2. The molecule has 2 rings (SSSR count). The Morgan fingerprint density at radius 2 is 1.71 bits per heavy atom. The number of hydrogen-bond acceptors (Lipinski definition) is 3. The summed E-state index contributed by atoms with van der Waals surface area (Å²) in [5, 5.41) is 8.88. The van der Waals surface area contributed by atoms with E-state index in [2.05, 4.69) is 0 Å². The molecule has 0 heterocycles. The molecule has 7 heteroatoms. The van der Waals surface area contributed by atoms with E-state index in [9.17, 15) is 21.6 Å². The van der Waals surface area contributed by atoms with Crippen LogP contribution in [0.25, 0.3) is 0 Å². The number of nitriles is 1. The Labute approximate surface area is 119 Å². The molecule has 0 aliphatic heterocycles. The minimum absolute atomic E-state index is 0.00237. The van der Waals surface area contributed by atoms with Gasteiger partial charge in [0.15, 0.2) is 21.5 Å². The fourth-order valence-electron chi connectivity index (χ4n) is 1.75. The molecule has 2 aromatic rings. The number of sulfone groups is 1. The largest absolute Gasteiger partial charge is 0.223 e. The van der Waals surface area contributed by atoms with Gasteiger partial charge < -0.3 is 0 Å². The van der Waals surface area contributed by atoms with E-state index in [-0.39, 0.29) is 11.1 Å². The Kier molecular flexibility index (Phi) is 4.00. The summed E-state index contributed by atoms with van der Waals surface area (Å²) in [5.41, 5.74) is -0.0372. The third kappa shape index (κ3) is 3.23. The lowest BCUT2D eigenvalue weighted by Crippen LogP contribution is -2.07. The van der Waals surface area contributed by atoms with Gasteiger partial charge in [0, 0.05) is 0 Å². The second kappa shape index (κ2) is 5.58. The van der Waals surface area contributed by atoms with Gasteiger partial charge in [0.25, 0.3) is 0 Å². The van der Waals surface area contributed by atoms with E-state index in [1.807, 2.05) is 0 Å². The van der Waals surface area contributed by atoms with Gasteiger partial charge in [-0.3, -0.25) is 0 Å². The van der Waals surface area contributed by atoms with Crippen molar-refractivity contribution in [3.05, 3.63) is 65.0 Å². The van der Waals surface area contributed by atoms with Crippen LogP contribution >= 0.6 is 0 Å². The number of nitrogens with zero attached hydrogens (tertiary/aromatic N) is 1. The highest BCUT2D eigenvalue weighted by atomic mass is 32.2. The van der Waals surface area contributed by atoms with Gasteiger partial charge >= 0.3 is 0 Å². The Morgan fingerprint density at radius 3 is 2.33 bits per heavy atom. The van der Waals surface area contributed by atoms with E-state index in [1.165, 1.54) is 0 Å². The van der Waals surface area contributed by atoms with Crippen LogP contribution in [0.5, 0.6) is 0 Å². The Morgan fingerprint density at radius 1 is 1.00 bits per heavy atom. The first kappa shape index (κ1) is 15.1.